The van der Waals surface area contributed by atoms with Gasteiger partial charge in [-0.25, -0.2) is 4.39 Å². The van der Waals surface area contributed by atoms with Crippen LogP contribution in [0.5, 0.6) is 0 Å². The maximum absolute atomic E-state index is 13.0. The standard InChI is InChI=1S/C12H14FN3S2/c13-9-2-1-3-11(4-9)17-7-10(16-14)5-12-6-15-8-18-12/h1-4,6,8,10,16H,5,7,14H2. The van der Waals surface area contributed by atoms with Gasteiger partial charge in [0.25, 0.3) is 0 Å². The summed E-state index contributed by atoms with van der Waals surface area (Å²) >= 11 is 3.21. The molecule has 0 aliphatic rings. The molecule has 1 heterocycles. The molecule has 3 N–H and O–H groups in total. The zero-order valence-electron chi connectivity index (χ0n) is 9.67. The van der Waals surface area contributed by atoms with Gasteiger partial charge in [-0.2, -0.15) is 0 Å². The molecular weight excluding hydrogens is 269 g/mol. The van der Waals surface area contributed by atoms with Gasteiger partial charge in [0.15, 0.2) is 0 Å². The van der Waals surface area contributed by atoms with Crippen LogP contribution in [0, 0.1) is 5.82 Å². The van der Waals surface area contributed by atoms with Crippen molar-refractivity contribution < 1.29 is 4.39 Å². The molecule has 0 aliphatic heterocycles. The Morgan fingerprint density at radius 2 is 2.39 bits per heavy atom. The Bertz CT molecular complexity index is 476. The van der Waals surface area contributed by atoms with E-state index in [4.69, 9.17) is 5.84 Å². The number of rotatable bonds is 6. The molecule has 0 saturated carbocycles. The minimum atomic E-state index is -0.209. The summed E-state index contributed by atoms with van der Waals surface area (Å²) in [5, 5.41) is 0. The summed E-state index contributed by atoms with van der Waals surface area (Å²) < 4.78 is 13.0. The van der Waals surface area contributed by atoms with Crippen molar-refractivity contribution >= 4 is 23.1 Å². The van der Waals surface area contributed by atoms with Gasteiger partial charge >= 0.3 is 0 Å². The van der Waals surface area contributed by atoms with Crippen LogP contribution in [-0.4, -0.2) is 16.8 Å². The summed E-state index contributed by atoms with van der Waals surface area (Å²) in [4.78, 5) is 6.14. The van der Waals surface area contributed by atoms with Gasteiger partial charge in [0.05, 0.1) is 5.51 Å². The van der Waals surface area contributed by atoms with Crippen molar-refractivity contribution in [1.82, 2.24) is 10.4 Å². The van der Waals surface area contributed by atoms with Crippen LogP contribution in [-0.2, 0) is 6.42 Å². The smallest absolute Gasteiger partial charge is 0.124 e. The summed E-state index contributed by atoms with van der Waals surface area (Å²) in [7, 11) is 0. The van der Waals surface area contributed by atoms with Crippen LogP contribution >= 0.6 is 23.1 Å². The molecule has 2 aromatic rings. The van der Waals surface area contributed by atoms with Crippen molar-refractivity contribution in [2.45, 2.75) is 17.4 Å². The van der Waals surface area contributed by atoms with Crippen LogP contribution in [0.15, 0.2) is 40.9 Å². The summed E-state index contributed by atoms with van der Waals surface area (Å²) in [5.74, 6) is 6.11. The highest BCUT2D eigenvalue weighted by Crippen LogP contribution is 2.20. The number of nitrogens with zero attached hydrogens (tertiary/aromatic N) is 1. The van der Waals surface area contributed by atoms with Gasteiger partial charge in [-0.3, -0.25) is 16.3 Å². The minimum absolute atomic E-state index is 0.152. The zero-order valence-corrected chi connectivity index (χ0v) is 11.3. The molecule has 1 aromatic heterocycles. The molecule has 1 unspecified atom stereocenters. The predicted octanol–water partition coefficient (Wildman–Crippen LogP) is 2.45. The van der Waals surface area contributed by atoms with E-state index in [-0.39, 0.29) is 11.9 Å². The first-order valence-electron chi connectivity index (χ1n) is 5.50. The number of nitrogens with two attached hydrogens (primary N) is 1. The lowest BCUT2D eigenvalue weighted by Gasteiger charge is -2.14. The first-order chi connectivity index (χ1) is 8.78. The van der Waals surface area contributed by atoms with Crippen molar-refractivity contribution in [3.63, 3.8) is 0 Å². The van der Waals surface area contributed by atoms with Gasteiger partial charge in [0.2, 0.25) is 0 Å². The summed E-state index contributed by atoms with van der Waals surface area (Å²) in [6, 6.07) is 6.74. The monoisotopic (exact) mass is 283 g/mol. The molecule has 0 saturated heterocycles. The summed E-state index contributed by atoms with van der Waals surface area (Å²) in [6.07, 6.45) is 2.69. The Balaban J connectivity index is 1.87. The van der Waals surface area contributed by atoms with Crippen LogP contribution in [0.3, 0.4) is 0 Å². The van der Waals surface area contributed by atoms with Gasteiger partial charge in [-0.05, 0) is 18.2 Å². The fraction of sp³-hybridized carbons (Fsp3) is 0.250. The third kappa shape index (κ3) is 4.06. The normalized spacial score (nSPS) is 12.6. The molecule has 0 aliphatic carbocycles. The van der Waals surface area contributed by atoms with Gasteiger partial charge in [0.1, 0.15) is 5.82 Å². The van der Waals surface area contributed by atoms with Crippen LogP contribution < -0.4 is 11.3 Å². The van der Waals surface area contributed by atoms with E-state index < -0.39 is 0 Å². The second kappa shape index (κ2) is 6.84. The van der Waals surface area contributed by atoms with Crippen molar-refractivity contribution in [3.8, 4) is 0 Å². The molecule has 0 bridgehead atoms. The second-order valence-electron chi connectivity index (χ2n) is 3.80. The Morgan fingerprint density at radius 3 is 3.06 bits per heavy atom. The molecule has 6 heteroatoms. The average Bonchev–Trinajstić information content (AvgIpc) is 2.87. The molecule has 0 spiro atoms. The van der Waals surface area contributed by atoms with Gasteiger partial charge in [-0.1, -0.05) is 6.07 Å². The highest BCUT2D eigenvalue weighted by atomic mass is 32.2. The van der Waals surface area contributed by atoms with E-state index in [0.29, 0.717) is 0 Å². The predicted molar refractivity (Wildman–Crippen MR) is 74.1 cm³/mol. The Morgan fingerprint density at radius 1 is 1.50 bits per heavy atom. The Kier molecular flexibility index (Phi) is 5.12. The number of hydrazine groups is 1. The Labute approximate surface area is 114 Å². The number of aromatic nitrogens is 1. The lowest BCUT2D eigenvalue weighted by atomic mass is 10.2. The summed E-state index contributed by atoms with van der Waals surface area (Å²) in [5.41, 5.74) is 4.60. The van der Waals surface area contributed by atoms with Crippen molar-refractivity contribution in [1.29, 1.82) is 0 Å². The fourth-order valence-corrected chi connectivity index (χ4v) is 3.16. The number of benzene rings is 1. The number of thioether (sulfide) groups is 1. The van der Waals surface area contributed by atoms with E-state index in [0.717, 1.165) is 17.1 Å². The van der Waals surface area contributed by atoms with Crippen LogP contribution in [0.1, 0.15) is 4.88 Å². The van der Waals surface area contributed by atoms with Gasteiger partial charge in [-0.15, -0.1) is 23.1 Å². The van der Waals surface area contributed by atoms with Crippen LogP contribution in [0.2, 0.25) is 0 Å². The van der Waals surface area contributed by atoms with E-state index in [1.165, 1.54) is 17.0 Å². The highest BCUT2D eigenvalue weighted by molar-refractivity contribution is 7.99. The largest absolute Gasteiger partial charge is 0.271 e. The number of halogens is 1. The average molecular weight is 283 g/mol. The minimum Gasteiger partial charge on any atom is -0.271 e. The molecule has 0 fully saturated rings. The SMILES string of the molecule is NNC(CSc1cccc(F)c1)Cc1cncs1. The fourth-order valence-electron chi connectivity index (χ4n) is 1.51. The number of thiazole rings is 1. The molecule has 18 heavy (non-hydrogen) atoms. The number of hydrogen-bond donors (Lipinski definition) is 2. The highest BCUT2D eigenvalue weighted by Gasteiger charge is 2.09. The molecule has 0 radical (unpaired) electrons. The first-order valence-corrected chi connectivity index (χ1v) is 7.36. The molecule has 1 aromatic carbocycles. The van der Waals surface area contributed by atoms with Crippen molar-refractivity contribution in [2.24, 2.45) is 5.84 Å². The molecule has 0 amide bonds. The van der Waals surface area contributed by atoms with E-state index in [1.54, 1.807) is 29.2 Å². The van der Waals surface area contributed by atoms with E-state index in [1.807, 2.05) is 17.8 Å². The topological polar surface area (TPSA) is 50.9 Å². The van der Waals surface area contributed by atoms with E-state index in [9.17, 15) is 4.39 Å². The Hall–Kier alpha value is -0.950. The second-order valence-corrected chi connectivity index (χ2v) is 5.87. The zero-order chi connectivity index (χ0) is 12.8. The van der Waals surface area contributed by atoms with E-state index in [2.05, 4.69) is 10.4 Å². The molecule has 2 rings (SSSR count). The van der Waals surface area contributed by atoms with Gasteiger partial charge < -0.3 is 0 Å². The van der Waals surface area contributed by atoms with Crippen molar-refractivity contribution in [3.05, 3.63) is 46.7 Å². The third-order valence-corrected chi connectivity index (χ3v) is 4.37. The molecule has 96 valence electrons. The summed E-state index contributed by atoms with van der Waals surface area (Å²) in [6.45, 7) is 0. The lowest BCUT2D eigenvalue weighted by molar-refractivity contribution is 0.578. The quantitative estimate of drug-likeness (QED) is 0.486. The molecule has 1 atom stereocenters. The maximum Gasteiger partial charge on any atom is 0.124 e. The molecular formula is C12H14FN3S2. The van der Waals surface area contributed by atoms with Crippen molar-refractivity contribution in [2.75, 3.05) is 5.75 Å². The van der Waals surface area contributed by atoms with Crippen LogP contribution in [0.4, 0.5) is 4.39 Å². The van der Waals surface area contributed by atoms with E-state index >= 15 is 0 Å². The first kappa shape index (κ1) is 13.5. The number of hydrogen-bond acceptors (Lipinski definition) is 5. The van der Waals surface area contributed by atoms with Gasteiger partial charge in [0, 0.05) is 34.2 Å². The lowest BCUT2D eigenvalue weighted by Crippen LogP contribution is -2.38. The van der Waals surface area contributed by atoms with Crippen LogP contribution in [0.25, 0.3) is 0 Å². The number of nitrogens with one attached hydrogen (secondary N) is 1. The third-order valence-electron chi connectivity index (χ3n) is 2.41. The molecule has 3 nitrogen and oxygen atoms in total. The maximum atomic E-state index is 13.0.